The number of benzene rings is 1. The van der Waals surface area contributed by atoms with Gasteiger partial charge in [-0.05, 0) is 38.3 Å². The van der Waals surface area contributed by atoms with Gasteiger partial charge in [0, 0.05) is 10.9 Å². The van der Waals surface area contributed by atoms with Crippen molar-refractivity contribution in [3.63, 3.8) is 0 Å². The van der Waals surface area contributed by atoms with Gasteiger partial charge in [-0.25, -0.2) is 4.79 Å². The van der Waals surface area contributed by atoms with Gasteiger partial charge in [-0.3, -0.25) is 14.9 Å². The molecule has 1 aromatic carbocycles. The molecule has 0 bridgehead atoms. The molecule has 26 heavy (non-hydrogen) atoms. The average molecular weight is 378 g/mol. The van der Waals surface area contributed by atoms with E-state index in [4.69, 9.17) is 4.74 Å². The van der Waals surface area contributed by atoms with Crippen molar-refractivity contribution in [1.29, 1.82) is 0 Å². The fraction of sp³-hybridized carbons (Fsp3) is 0.526. The van der Waals surface area contributed by atoms with Crippen molar-refractivity contribution in [2.75, 3.05) is 12.4 Å². The lowest BCUT2D eigenvalue weighted by Gasteiger charge is -2.22. The molecule has 0 radical (unpaired) electrons. The number of carbonyl (C=O) groups excluding carboxylic acids is 3. The molecule has 142 valence electrons. The Morgan fingerprint density at radius 2 is 1.88 bits per heavy atom. The normalized spacial score (nSPS) is 14.5. The molecule has 0 aliphatic heterocycles. The summed E-state index contributed by atoms with van der Waals surface area (Å²) in [5.74, 6) is -0.992. The summed E-state index contributed by atoms with van der Waals surface area (Å²) in [5.41, 5.74) is 2.21. The highest BCUT2D eigenvalue weighted by atomic mass is 32.2. The standard InChI is InChI=1S/C19H26N2O4S/c1-13-8-9-14(2)16(10-13)26-12-18(23)25-11-17(22)21-19(24)20-15-6-4-3-5-7-15/h8-10,15H,3-7,11-12H2,1-2H3,(H2,20,21,22,24). The summed E-state index contributed by atoms with van der Waals surface area (Å²) in [5, 5.41) is 4.98. The third-order valence-corrected chi connectivity index (χ3v) is 5.38. The fourth-order valence-corrected chi connectivity index (χ4v) is 3.74. The SMILES string of the molecule is Cc1ccc(C)c(SCC(=O)OCC(=O)NC(=O)NC2CCCCC2)c1. The highest BCUT2D eigenvalue weighted by Crippen LogP contribution is 2.23. The molecule has 1 aliphatic carbocycles. The Kier molecular flexibility index (Phi) is 7.97. The Labute approximate surface area is 158 Å². The molecular weight excluding hydrogens is 352 g/mol. The maximum Gasteiger partial charge on any atom is 0.321 e. The second-order valence-corrected chi connectivity index (χ2v) is 7.59. The van der Waals surface area contributed by atoms with Crippen molar-refractivity contribution in [1.82, 2.24) is 10.6 Å². The average Bonchev–Trinajstić information content (AvgIpc) is 2.61. The number of aryl methyl sites for hydroxylation is 2. The first-order valence-corrected chi connectivity index (χ1v) is 9.88. The second kappa shape index (κ2) is 10.2. The van der Waals surface area contributed by atoms with E-state index >= 15 is 0 Å². The van der Waals surface area contributed by atoms with Crippen LogP contribution in [0.3, 0.4) is 0 Å². The van der Waals surface area contributed by atoms with E-state index < -0.39 is 24.5 Å². The van der Waals surface area contributed by atoms with E-state index in [2.05, 4.69) is 10.6 Å². The van der Waals surface area contributed by atoms with Crippen LogP contribution in [0.4, 0.5) is 4.79 Å². The maximum absolute atomic E-state index is 11.8. The van der Waals surface area contributed by atoms with Gasteiger partial charge in [0.05, 0.1) is 5.75 Å². The lowest BCUT2D eigenvalue weighted by atomic mass is 9.96. The molecule has 2 rings (SSSR count). The summed E-state index contributed by atoms with van der Waals surface area (Å²) >= 11 is 1.37. The third-order valence-electron chi connectivity index (χ3n) is 4.25. The number of rotatable bonds is 6. The second-order valence-electron chi connectivity index (χ2n) is 6.57. The first kappa shape index (κ1) is 20.3. The fourth-order valence-electron chi connectivity index (χ4n) is 2.82. The van der Waals surface area contributed by atoms with Crippen LogP contribution < -0.4 is 10.6 Å². The van der Waals surface area contributed by atoms with E-state index in [9.17, 15) is 14.4 Å². The molecule has 1 aromatic rings. The molecule has 3 amide bonds. The smallest absolute Gasteiger partial charge is 0.321 e. The number of imide groups is 1. The van der Waals surface area contributed by atoms with E-state index in [1.54, 1.807) is 0 Å². The van der Waals surface area contributed by atoms with E-state index in [0.717, 1.165) is 41.7 Å². The maximum atomic E-state index is 11.8. The van der Waals surface area contributed by atoms with E-state index in [1.807, 2.05) is 32.0 Å². The van der Waals surface area contributed by atoms with Gasteiger partial charge in [0.25, 0.3) is 5.91 Å². The Morgan fingerprint density at radius 3 is 2.62 bits per heavy atom. The zero-order valence-corrected chi connectivity index (χ0v) is 16.1. The van der Waals surface area contributed by atoms with Crippen LogP contribution >= 0.6 is 11.8 Å². The van der Waals surface area contributed by atoms with Crippen LogP contribution in [0.2, 0.25) is 0 Å². The van der Waals surface area contributed by atoms with Crippen molar-refractivity contribution in [2.45, 2.75) is 56.9 Å². The van der Waals surface area contributed by atoms with Gasteiger partial charge in [-0.15, -0.1) is 11.8 Å². The molecule has 1 aliphatic rings. The van der Waals surface area contributed by atoms with E-state index in [0.29, 0.717) is 0 Å². The lowest BCUT2D eigenvalue weighted by Crippen LogP contribution is -2.46. The molecule has 6 nitrogen and oxygen atoms in total. The van der Waals surface area contributed by atoms with Crippen LogP contribution in [0.1, 0.15) is 43.2 Å². The molecule has 1 saturated carbocycles. The quantitative estimate of drug-likeness (QED) is 0.587. The molecule has 2 N–H and O–H groups in total. The highest BCUT2D eigenvalue weighted by Gasteiger charge is 2.17. The van der Waals surface area contributed by atoms with Crippen molar-refractivity contribution in [2.24, 2.45) is 0 Å². The number of nitrogens with one attached hydrogen (secondary N) is 2. The molecular formula is C19H26N2O4S. The number of hydrogen-bond acceptors (Lipinski definition) is 5. The van der Waals surface area contributed by atoms with Gasteiger partial charge in [0.1, 0.15) is 0 Å². The number of hydrogen-bond donors (Lipinski definition) is 2. The number of thioether (sulfide) groups is 1. The first-order chi connectivity index (χ1) is 12.4. The molecule has 0 heterocycles. The van der Waals surface area contributed by atoms with E-state index in [-0.39, 0.29) is 11.8 Å². The Hall–Kier alpha value is -2.02. The van der Waals surface area contributed by atoms with Crippen molar-refractivity contribution in [3.8, 4) is 0 Å². The molecule has 0 unspecified atom stereocenters. The van der Waals surface area contributed by atoms with Gasteiger partial charge in [-0.2, -0.15) is 0 Å². The summed E-state index contributed by atoms with van der Waals surface area (Å²) < 4.78 is 4.93. The van der Waals surface area contributed by atoms with Gasteiger partial charge >= 0.3 is 12.0 Å². The number of carbonyl (C=O) groups is 3. The van der Waals surface area contributed by atoms with Gasteiger partial charge in [-0.1, -0.05) is 37.0 Å². The summed E-state index contributed by atoms with van der Waals surface area (Å²) in [6.45, 7) is 3.51. The zero-order valence-electron chi connectivity index (χ0n) is 15.3. The first-order valence-electron chi connectivity index (χ1n) is 8.90. The van der Waals surface area contributed by atoms with E-state index in [1.165, 1.54) is 18.2 Å². The molecule has 0 saturated heterocycles. The minimum Gasteiger partial charge on any atom is -0.455 e. The van der Waals surface area contributed by atoms with Gasteiger partial charge in [0.15, 0.2) is 6.61 Å². The number of esters is 1. The van der Waals surface area contributed by atoms with Gasteiger partial charge < -0.3 is 10.1 Å². The Morgan fingerprint density at radius 1 is 1.15 bits per heavy atom. The highest BCUT2D eigenvalue weighted by molar-refractivity contribution is 8.00. The number of ether oxygens (including phenoxy) is 1. The van der Waals surface area contributed by atoms with Crippen LogP contribution in [-0.2, 0) is 14.3 Å². The van der Waals surface area contributed by atoms with Crippen LogP contribution in [0, 0.1) is 13.8 Å². The third kappa shape index (κ3) is 7.07. The largest absolute Gasteiger partial charge is 0.455 e. The predicted molar refractivity (Wildman–Crippen MR) is 101 cm³/mol. The predicted octanol–water partition coefficient (Wildman–Crippen LogP) is 3.10. The van der Waals surface area contributed by atoms with Crippen LogP contribution in [-0.4, -0.2) is 36.3 Å². The van der Waals surface area contributed by atoms with Crippen molar-refractivity contribution >= 4 is 29.7 Å². The van der Waals surface area contributed by atoms with Crippen LogP contribution in [0.15, 0.2) is 23.1 Å². The van der Waals surface area contributed by atoms with Crippen molar-refractivity contribution < 1.29 is 19.1 Å². The molecule has 7 heteroatoms. The minimum atomic E-state index is -0.622. The summed E-state index contributed by atoms with van der Waals surface area (Å²) in [7, 11) is 0. The number of urea groups is 1. The summed E-state index contributed by atoms with van der Waals surface area (Å²) in [6.07, 6.45) is 5.25. The Bertz CT molecular complexity index is 657. The Balaban J connectivity index is 1.65. The molecule has 0 atom stereocenters. The summed E-state index contributed by atoms with van der Waals surface area (Å²) in [6, 6.07) is 5.62. The molecule has 0 aromatic heterocycles. The molecule has 1 fully saturated rings. The van der Waals surface area contributed by atoms with Crippen LogP contribution in [0.5, 0.6) is 0 Å². The van der Waals surface area contributed by atoms with Crippen LogP contribution in [0.25, 0.3) is 0 Å². The topological polar surface area (TPSA) is 84.5 Å². The number of amides is 3. The van der Waals surface area contributed by atoms with Crippen molar-refractivity contribution in [3.05, 3.63) is 29.3 Å². The summed E-state index contributed by atoms with van der Waals surface area (Å²) in [4.78, 5) is 36.3. The minimum absolute atomic E-state index is 0.117. The molecule has 0 spiro atoms. The zero-order chi connectivity index (χ0) is 18.9. The van der Waals surface area contributed by atoms with Gasteiger partial charge in [0.2, 0.25) is 0 Å². The monoisotopic (exact) mass is 378 g/mol. The lowest BCUT2D eigenvalue weighted by molar-refractivity contribution is -0.145.